The van der Waals surface area contributed by atoms with Crippen LogP contribution in [0.3, 0.4) is 0 Å². The van der Waals surface area contributed by atoms with E-state index in [9.17, 15) is 9.18 Å². The molecule has 31 heavy (non-hydrogen) atoms. The van der Waals surface area contributed by atoms with E-state index >= 15 is 0 Å². The number of nitrogens with one attached hydrogen (secondary N) is 1. The Morgan fingerprint density at radius 1 is 1.10 bits per heavy atom. The average molecular weight is 466 g/mol. The topological polar surface area (TPSA) is 85.8 Å². The Bertz CT molecular complexity index is 1010. The number of benzene rings is 2. The molecule has 1 amide bonds. The number of nitrogens with two attached hydrogens (primary N) is 1. The average Bonchev–Trinajstić information content (AvgIpc) is 2.97. The predicted molar refractivity (Wildman–Crippen MR) is 124 cm³/mol. The number of aromatic nitrogens is 3. The summed E-state index contributed by atoms with van der Waals surface area (Å²) >= 11 is 0. The molecule has 9 heteroatoms. The van der Waals surface area contributed by atoms with Crippen LogP contribution >= 0.6 is 24.8 Å². The first-order valence-corrected chi connectivity index (χ1v) is 9.94. The number of anilines is 1. The Labute approximate surface area is 193 Å². The lowest BCUT2D eigenvalue weighted by atomic mass is 10.0. The molecule has 0 aliphatic carbocycles. The second kappa shape index (κ2) is 11.2. The monoisotopic (exact) mass is 465 g/mol. The van der Waals surface area contributed by atoms with Crippen LogP contribution in [0.2, 0.25) is 0 Å². The lowest BCUT2D eigenvalue weighted by molar-refractivity contribution is -0.116. The highest BCUT2D eigenvalue weighted by Gasteiger charge is 2.19. The molecule has 0 bridgehead atoms. The Kier molecular flexibility index (Phi) is 8.98. The number of rotatable bonds is 5. The minimum atomic E-state index is -0.400. The number of amides is 1. The summed E-state index contributed by atoms with van der Waals surface area (Å²) in [4.78, 5) is 12.4. The van der Waals surface area contributed by atoms with Gasteiger partial charge in [0.15, 0.2) is 5.82 Å². The van der Waals surface area contributed by atoms with Crippen molar-refractivity contribution in [1.29, 1.82) is 0 Å². The minimum absolute atomic E-state index is 0. The largest absolute Gasteiger partial charge is 0.326 e. The lowest BCUT2D eigenvalue weighted by Crippen LogP contribution is -2.20. The lowest BCUT2D eigenvalue weighted by Gasteiger charge is -2.13. The van der Waals surface area contributed by atoms with E-state index in [1.165, 1.54) is 6.07 Å². The highest BCUT2D eigenvalue weighted by Crippen LogP contribution is 2.27. The molecule has 1 aromatic heterocycles. The predicted octanol–water partition coefficient (Wildman–Crippen LogP) is 4.68. The smallest absolute Gasteiger partial charge is 0.226 e. The quantitative estimate of drug-likeness (QED) is 0.572. The molecule has 0 saturated carbocycles. The van der Waals surface area contributed by atoms with Gasteiger partial charge in [-0.3, -0.25) is 4.79 Å². The van der Waals surface area contributed by atoms with Crippen molar-refractivity contribution in [1.82, 2.24) is 14.8 Å². The van der Waals surface area contributed by atoms with E-state index in [1.54, 1.807) is 12.1 Å². The maximum Gasteiger partial charge on any atom is 0.226 e. The maximum atomic E-state index is 14.6. The normalized spacial score (nSPS) is 13.7. The first-order valence-electron chi connectivity index (χ1n) is 9.94. The van der Waals surface area contributed by atoms with Crippen LogP contribution in [0.1, 0.15) is 43.1 Å². The second-order valence-electron chi connectivity index (χ2n) is 7.37. The molecule has 166 valence electrons. The molecule has 1 aliphatic heterocycles. The summed E-state index contributed by atoms with van der Waals surface area (Å²) in [6.07, 6.45) is 4.20. The fourth-order valence-corrected chi connectivity index (χ4v) is 3.69. The van der Waals surface area contributed by atoms with Gasteiger partial charge in [0.25, 0.3) is 0 Å². The first-order chi connectivity index (χ1) is 14.1. The van der Waals surface area contributed by atoms with Gasteiger partial charge in [-0.1, -0.05) is 36.8 Å². The van der Waals surface area contributed by atoms with Gasteiger partial charge in [-0.05, 0) is 36.6 Å². The van der Waals surface area contributed by atoms with E-state index in [1.807, 2.05) is 34.9 Å². The highest BCUT2D eigenvalue weighted by atomic mass is 35.5. The number of carbonyl (C=O) groups is 1. The van der Waals surface area contributed by atoms with Crippen LogP contribution in [0, 0.1) is 5.82 Å². The van der Waals surface area contributed by atoms with Gasteiger partial charge >= 0.3 is 0 Å². The van der Waals surface area contributed by atoms with E-state index in [0.717, 1.165) is 43.6 Å². The molecule has 1 unspecified atom stereocenters. The van der Waals surface area contributed by atoms with Gasteiger partial charge in [-0.15, -0.1) is 35.0 Å². The van der Waals surface area contributed by atoms with Crippen molar-refractivity contribution in [2.45, 2.75) is 44.7 Å². The zero-order chi connectivity index (χ0) is 20.2. The first kappa shape index (κ1) is 24.8. The number of aryl methyl sites for hydroxylation is 1. The third kappa shape index (κ3) is 5.81. The number of nitrogens with zero attached hydrogens (tertiary/aromatic N) is 3. The van der Waals surface area contributed by atoms with E-state index in [4.69, 9.17) is 5.73 Å². The molecule has 0 fully saturated rings. The van der Waals surface area contributed by atoms with Gasteiger partial charge < -0.3 is 15.6 Å². The van der Waals surface area contributed by atoms with Crippen LogP contribution in [0.15, 0.2) is 48.5 Å². The number of fused-ring (bicyclic) bond motifs is 1. The number of halogens is 3. The molecule has 0 radical (unpaired) electrons. The molecule has 4 rings (SSSR count). The third-order valence-electron chi connectivity index (χ3n) is 5.23. The Morgan fingerprint density at radius 2 is 1.87 bits per heavy atom. The van der Waals surface area contributed by atoms with Gasteiger partial charge in [0.2, 0.25) is 5.91 Å². The standard InChI is InChI=1S/C22H24FN5O.2ClH/c23-18-11-10-16(25-21(29)14-19(24)15-7-3-1-4-8-15)13-17(18)22-27-26-20-9-5-2-6-12-28(20)22;;/h1,3-4,7-8,10-11,13,19H,2,5-6,9,12,14,24H2,(H,25,29);2*1H. The molecule has 0 saturated heterocycles. The molecule has 6 nitrogen and oxygen atoms in total. The van der Waals surface area contributed by atoms with Crippen molar-refractivity contribution in [3.8, 4) is 11.4 Å². The van der Waals surface area contributed by atoms with Crippen molar-refractivity contribution >= 4 is 36.4 Å². The van der Waals surface area contributed by atoms with Crippen LogP contribution in [-0.4, -0.2) is 20.7 Å². The van der Waals surface area contributed by atoms with Crippen molar-refractivity contribution in [2.75, 3.05) is 5.32 Å². The Hall–Kier alpha value is -2.48. The summed E-state index contributed by atoms with van der Waals surface area (Å²) in [5.74, 6) is 0.791. The highest BCUT2D eigenvalue weighted by molar-refractivity contribution is 5.91. The fourth-order valence-electron chi connectivity index (χ4n) is 3.69. The van der Waals surface area contributed by atoms with Crippen LogP contribution in [0.5, 0.6) is 0 Å². The third-order valence-corrected chi connectivity index (χ3v) is 5.23. The summed E-state index contributed by atoms with van der Waals surface area (Å²) in [7, 11) is 0. The van der Waals surface area contributed by atoms with Gasteiger partial charge in [0.1, 0.15) is 11.6 Å². The molecule has 2 heterocycles. The summed E-state index contributed by atoms with van der Waals surface area (Å²) in [5, 5.41) is 11.3. The summed E-state index contributed by atoms with van der Waals surface area (Å²) in [6.45, 7) is 0.777. The van der Waals surface area contributed by atoms with Crippen molar-refractivity contribution in [2.24, 2.45) is 5.73 Å². The van der Waals surface area contributed by atoms with Crippen molar-refractivity contribution < 1.29 is 9.18 Å². The fraction of sp³-hybridized carbons (Fsp3) is 0.318. The number of carbonyl (C=O) groups excluding carboxylic acids is 1. The summed E-state index contributed by atoms with van der Waals surface area (Å²) in [5.41, 5.74) is 7.88. The maximum absolute atomic E-state index is 14.6. The minimum Gasteiger partial charge on any atom is -0.326 e. The Morgan fingerprint density at radius 3 is 2.65 bits per heavy atom. The van der Waals surface area contributed by atoms with Crippen LogP contribution in [-0.2, 0) is 17.8 Å². The van der Waals surface area contributed by atoms with Crippen LogP contribution < -0.4 is 11.1 Å². The van der Waals surface area contributed by atoms with E-state index in [-0.39, 0.29) is 43.0 Å². The molecule has 1 aliphatic rings. The number of hydrogen-bond acceptors (Lipinski definition) is 4. The molecule has 3 aromatic rings. The van der Waals surface area contributed by atoms with E-state index in [2.05, 4.69) is 15.5 Å². The second-order valence-corrected chi connectivity index (χ2v) is 7.37. The summed E-state index contributed by atoms with van der Waals surface area (Å²) in [6, 6.07) is 13.6. The van der Waals surface area contributed by atoms with Gasteiger partial charge in [0.05, 0.1) is 5.56 Å². The zero-order valence-electron chi connectivity index (χ0n) is 17.0. The SMILES string of the molecule is Cl.Cl.NC(CC(=O)Nc1ccc(F)c(-c2nnc3n2CCCCC3)c1)c1ccccc1. The summed E-state index contributed by atoms with van der Waals surface area (Å²) < 4.78 is 16.5. The zero-order valence-corrected chi connectivity index (χ0v) is 18.6. The Balaban J connectivity index is 0.00000171. The van der Waals surface area contributed by atoms with Gasteiger partial charge in [0, 0.05) is 31.1 Å². The molecule has 0 spiro atoms. The molecular formula is C22H26Cl2FN5O. The van der Waals surface area contributed by atoms with Crippen LogP contribution in [0.4, 0.5) is 10.1 Å². The molecule has 3 N–H and O–H groups in total. The van der Waals surface area contributed by atoms with E-state index < -0.39 is 6.04 Å². The number of hydrogen-bond donors (Lipinski definition) is 2. The van der Waals surface area contributed by atoms with Gasteiger partial charge in [-0.25, -0.2) is 4.39 Å². The molecular weight excluding hydrogens is 440 g/mol. The van der Waals surface area contributed by atoms with E-state index in [0.29, 0.717) is 17.1 Å². The van der Waals surface area contributed by atoms with Crippen LogP contribution in [0.25, 0.3) is 11.4 Å². The molecule has 2 aromatic carbocycles. The van der Waals surface area contributed by atoms with Crippen molar-refractivity contribution in [3.63, 3.8) is 0 Å². The van der Waals surface area contributed by atoms with Crippen molar-refractivity contribution in [3.05, 3.63) is 65.7 Å². The molecule has 1 atom stereocenters. The van der Waals surface area contributed by atoms with Gasteiger partial charge in [-0.2, -0.15) is 0 Å².